The molecule has 1 unspecified atom stereocenters. The van der Waals surface area contributed by atoms with Gasteiger partial charge in [-0.25, -0.2) is 0 Å². The van der Waals surface area contributed by atoms with E-state index in [1.54, 1.807) is 0 Å². The molecule has 2 aliphatic rings. The van der Waals surface area contributed by atoms with Crippen LogP contribution in [-0.2, 0) is 4.74 Å². The summed E-state index contributed by atoms with van der Waals surface area (Å²) in [5.74, 6) is 0. The third kappa shape index (κ3) is 3.46. The number of ether oxygens (including phenoxy) is 1. The summed E-state index contributed by atoms with van der Waals surface area (Å²) in [6.45, 7) is 6.35. The van der Waals surface area contributed by atoms with E-state index in [1.165, 1.54) is 24.9 Å². The first-order valence-electron chi connectivity index (χ1n) is 7.66. The quantitative estimate of drug-likeness (QED) is 0.852. The minimum absolute atomic E-state index is 0.454. The third-order valence-electron chi connectivity index (χ3n) is 4.30. The molecule has 1 atom stereocenters. The van der Waals surface area contributed by atoms with Gasteiger partial charge in [-0.2, -0.15) is 0 Å². The molecule has 4 heteroatoms. The van der Waals surface area contributed by atoms with Gasteiger partial charge in [-0.1, -0.05) is 23.7 Å². The molecular formula is C16H23ClN2O. The molecule has 0 saturated carbocycles. The van der Waals surface area contributed by atoms with Gasteiger partial charge in [0.1, 0.15) is 0 Å². The second-order valence-corrected chi connectivity index (χ2v) is 6.13. The highest BCUT2D eigenvalue weighted by Gasteiger charge is 2.22. The Kier molecular flexibility index (Phi) is 4.81. The molecule has 0 bridgehead atoms. The minimum atomic E-state index is 0.454. The van der Waals surface area contributed by atoms with Crippen molar-refractivity contribution in [2.45, 2.75) is 25.4 Å². The Balaban J connectivity index is 1.50. The predicted octanol–water partition coefficient (Wildman–Crippen LogP) is 3.03. The molecule has 2 heterocycles. The number of hydrogen-bond acceptors (Lipinski definition) is 3. The summed E-state index contributed by atoms with van der Waals surface area (Å²) in [6, 6.07) is 8.13. The number of benzene rings is 1. The van der Waals surface area contributed by atoms with E-state index in [-0.39, 0.29) is 0 Å². The first-order chi connectivity index (χ1) is 9.83. The van der Waals surface area contributed by atoms with E-state index in [1.807, 2.05) is 12.1 Å². The number of halogens is 1. The Bertz CT molecular complexity index is 426. The van der Waals surface area contributed by atoms with Crippen LogP contribution in [0.5, 0.6) is 0 Å². The molecule has 0 aliphatic carbocycles. The van der Waals surface area contributed by atoms with Crippen LogP contribution in [0.4, 0.5) is 5.69 Å². The molecule has 0 amide bonds. The minimum Gasteiger partial charge on any atom is -0.377 e. The fourth-order valence-electron chi connectivity index (χ4n) is 3.12. The summed E-state index contributed by atoms with van der Waals surface area (Å²) >= 11 is 6.27. The van der Waals surface area contributed by atoms with Crippen molar-refractivity contribution in [1.82, 2.24) is 4.90 Å². The molecule has 3 nitrogen and oxygen atoms in total. The van der Waals surface area contributed by atoms with Crippen LogP contribution in [0.15, 0.2) is 24.3 Å². The average Bonchev–Trinajstić information content (AvgIpc) is 2.50. The summed E-state index contributed by atoms with van der Waals surface area (Å²) in [4.78, 5) is 4.92. The fraction of sp³-hybridized carbons (Fsp3) is 0.625. The summed E-state index contributed by atoms with van der Waals surface area (Å²) in [5, 5.41) is 0.858. The van der Waals surface area contributed by atoms with Gasteiger partial charge in [0.05, 0.1) is 16.8 Å². The van der Waals surface area contributed by atoms with Crippen molar-refractivity contribution < 1.29 is 4.74 Å². The van der Waals surface area contributed by atoms with E-state index < -0.39 is 0 Å². The molecule has 3 rings (SSSR count). The molecule has 1 aromatic rings. The number of hydrogen-bond donors (Lipinski definition) is 0. The normalized spacial score (nSPS) is 24.9. The Morgan fingerprint density at radius 1 is 1.10 bits per heavy atom. The van der Waals surface area contributed by atoms with E-state index in [0.717, 1.165) is 44.4 Å². The smallest absolute Gasteiger partial charge is 0.0702 e. The zero-order chi connectivity index (χ0) is 13.8. The van der Waals surface area contributed by atoms with Gasteiger partial charge < -0.3 is 9.64 Å². The van der Waals surface area contributed by atoms with Gasteiger partial charge in [0.15, 0.2) is 0 Å². The van der Waals surface area contributed by atoms with Gasteiger partial charge >= 0.3 is 0 Å². The summed E-state index contributed by atoms with van der Waals surface area (Å²) < 4.78 is 5.83. The van der Waals surface area contributed by atoms with Crippen molar-refractivity contribution >= 4 is 17.3 Å². The number of para-hydroxylation sites is 1. The van der Waals surface area contributed by atoms with E-state index in [0.29, 0.717) is 6.10 Å². The van der Waals surface area contributed by atoms with Crippen molar-refractivity contribution in [3.63, 3.8) is 0 Å². The molecule has 0 N–H and O–H groups in total. The van der Waals surface area contributed by atoms with Gasteiger partial charge in [0.2, 0.25) is 0 Å². The first kappa shape index (κ1) is 14.2. The third-order valence-corrected chi connectivity index (χ3v) is 4.62. The van der Waals surface area contributed by atoms with Crippen LogP contribution in [0, 0.1) is 0 Å². The summed E-state index contributed by atoms with van der Waals surface area (Å²) in [7, 11) is 0. The van der Waals surface area contributed by atoms with E-state index in [9.17, 15) is 0 Å². The lowest BCUT2D eigenvalue weighted by Crippen LogP contribution is -2.49. The lowest BCUT2D eigenvalue weighted by Gasteiger charge is -2.38. The largest absolute Gasteiger partial charge is 0.377 e. The van der Waals surface area contributed by atoms with Gasteiger partial charge in [-0.15, -0.1) is 0 Å². The fourth-order valence-corrected chi connectivity index (χ4v) is 3.37. The maximum Gasteiger partial charge on any atom is 0.0702 e. The average molecular weight is 295 g/mol. The molecule has 1 aromatic carbocycles. The lowest BCUT2D eigenvalue weighted by atomic mass is 10.1. The molecule has 0 radical (unpaired) electrons. The Morgan fingerprint density at radius 3 is 2.60 bits per heavy atom. The topological polar surface area (TPSA) is 15.7 Å². The number of piperazine rings is 1. The van der Waals surface area contributed by atoms with E-state index in [4.69, 9.17) is 16.3 Å². The van der Waals surface area contributed by atoms with Crippen molar-refractivity contribution in [1.29, 1.82) is 0 Å². The first-order valence-corrected chi connectivity index (χ1v) is 8.04. The Labute approximate surface area is 126 Å². The second kappa shape index (κ2) is 6.79. The van der Waals surface area contributed by atoms with Gasteiger partial charge in [-0.3, -0.25) is 4.90 Å². The molecule has 2 aliphatic heterocycles. The SMILES string of the molecule is Clc1ccccc1N1CCN(CC2CCCCO2)CC1. The van der Waals surface area contributed by atoms with Gasteiger partial charge in [0, 0.05) is 39.3 Å². The van der Waals surface area contributed by atoms with E-state index >= 15 is 0 Å². The van der Waals surface area contributed by atoms with Crippen molar-refractivity contribution in [3.05, 3.63) is 29.3 Å². The van der Waals surface area contributed by atoms with Crippen molar-refractivity contribution in [3.8, 4) is 0 Å². The highest BCUT2D eigenvalue weighted by atomic mass is 35.5. The zero-order valence-electron chi connectivity index (χ0n) is 11.9. The highest BCUT2D eigenvalue weighted by Crippen LogP contribution is 2.26. The van der Waals surface area contributed by atoms with Crippen LogP contribution < -0.4 is 4.90 Å². The van der Waals surface area contributed by atoms with Crippen molar-refractivity contribution in [2.24, 2.45) is 0 Å². The Morgan fingerprint density at radius 2 is 1.90 bits per heavy atom. The van der Waals surface area contributed by atoms with Crippen LogP contribution >= 0.6 is 11.6 Å². The monoisotopic (exact) mass is 294 g/mol. The Hall–Kier alpha value is -0.770. The molecular weight excluding hydrogens is 272 g/mol. The van der Waals surface area contributed by atoms with Crippen LogP contribution in [0.1, 0.15) is 19.3 Å². The predicted molar refractivity (Wildman–Crippen MR) is 83.7 cm³/mol. The lowest BCUT2D eigenvalue weighted by molar-refractivity contribution is -0.00645. The summed E-state index contributed by atoms with van der Waals surface area (Å²) in [6.07, 6.45) is 4.24. The molecule has 0 spiro atoms. The van der Waals surface area contributed by atoms with Crippen LogP contribution in [-0.4, -0.2) is 50.3 Å². The van der Waals surface area contributed by atoms with Crippen LogP contribution in [0.3, 0.4) is 0 Å². The van der Waals surface area contributed by atoms with Crippen LogP contribution in [0.25, 0.3) is 0 Å². The van der Waals surface area contributed by atoms with Gasteiger partial charge in [0.25, 0.3) is 0 Å². The number of nitrogens with zero attached hydrogens (tertiary/aromatic N) is 2. The van der Waals surface area contributed by atoms with Crippen LogP contribution in [0.2, 0.25) is 5.02 Å². The zero-order valence-corrected chi connectivity index (χ0v) is 12.7. The molecule has 110 valence electrons. The number of anilines is 1. The number of rotatable bonds is 3. The molecule has 0 aromatic heterocycles. The maximum absolute atomic E-state index is 6.27. The summed E-state index contributed by atoms with van der Waals surface area (Å²) in [5.41, 5.74) is 1.17. The molecule has 2 fully saturated rings. The second-order valence-electron chi connectivity index (χ2n) is 5.73. The molecule has 2 saturated heterocycles. The van der Waals surface area contributed by atoms with Gasteiger partial charge in [-0.05, 0) is 31.4 Å². The van der Waals surface area contributed by atoms with E-state index in [2.05, 4.69) is 21.9 Å². The standard InChI is InChI=1S/C16H23ClN2O/c17-15-6-1-2-7-16(15)19-10-8-18(9-11-19)13-14-5-3-4-12-20-14/h1-2,6-7,14H,3-5,8-13H2. The maximum atomic E-state index is 6.27. The van der Waals surface area contributed by atoms with Crippen molar-refractivity contribution in [2.75, 3.05) is 44.2 Å². The molecule has 20 heavy (non-hydrogen) atoms. The highest BCUT2D eigenvalue weighted by molar-refractivity contribution is 6.33.